The Hall–Kier alpha value is 0.350. The van der Waals surface area contributed by atoms with Crippen LogP contribution in [0.1, 0.15) is 41.0 Å². The maximum Gasteiger partial charge on any atom is -0.0238 e. The number of rotatable bonds is 2. The fraction of sp³-hybridized carbons (Fsp3) is 1.00. The van der Waals surface area contributed by atoms with Crippen LogP contribution in [0.25, 0.3) is 0 Å². The first-order valence-electron chi connectivity index (χ1n) is 4.72. The zero-order chi connectivity index (χ0) is 9.91. The number of hydrogen-bond acceptors (Lipinski definition) is 0. The summed E-state index contributed by atoms with van der Waals surface area (Å²) < 4.78 is 0. The van der Waals surface area contributed by atoms with E-state index in [-0.39, 0.29) is 10.0 Å². The predicted molar refractivity (Wildman–Crippen MR) is 63.2 cm³/mol. The standard InChI is InChI=1S/C6H16S.2C2H6/c1-5-6-7(2,3)4;2*1-2/h5-6H2,1-4H3;2*1-2H3. The molecule has 0 aromatic rings. The third-order valence-electron chi connectivity index (χ3n) is 0.816. The Bertz CT molecular complexity index is 43.3. The van der Waals surface area contributed by atoms with Crippen LogP contribution < -0.4 is 0 Å². The average Bonchev–Trinajstić information content (AvgIpc) is 1.94. The van der Waals surface area contributed by atoms with Crippen LogP contribution in [0, 0.1) is 0 Å². The highest BCUT2D eigenvalue weighted by atomic mass is 32.3. The van der Waals surface area contributed by atoms with Crippen LogP contribution >= 0.6 is 10.0 Å². The van der Waals surface area contributed by atoms with Gasteiger partial charge in [0.15, 0.2) is 0 Å². The minimum atomic E-state index is -0.174. The van der Waals surface area contributed by atoms with Crippen molar-refractivity contribution in [2.75, 3.05) is 24.5 Å². The Morgan fingerprint density at radius 3 is 1.09 bits per heavy atom. The molecule has 0 nitrogen and oxygen atoms in total. The van der Waals surface area contributed by atoms with Crippen LogP contribution in [0.15, 0.2) is 0 Å². The van der Waals surface area contributed by atoms with Crippen molar-refractivity contribution in [1.82, 2.24) is 0 Å². The maximum atomic E-state index is 2.36. The number of hydrogen-bond donors (Lipinski definition) is 0. The third-order valence-corrected chi connectivity index (χ3v) is 2.45. The summed E-state index contributed by atoms with van der Waals surface area (Å²) in [6.45, 7) is 10.2. The van der Waals surface area contributed by atoms with Gasteiger partial charge in [-0.05, 0) is 30.9 Å². The molecule has 74 valence electrons. The van der Waals surface area contributed by atoms with E-state index in [4.69, 9.17) is 0 Å². The quantitative estimate of drug-likeness (QED) is 0.599. The normalized spacial score (nSPS) is 10.2. The smallest absolute Gasteiger partial charge is 0.0238 e. The summed E-state index contributed by atoms with van der Waals surface area (Å²) in [6.07, 6.45) is 8.42. The molecule has 0 atom stereocenters. The van der Waals surface area contributed by atoms with E-state index in [2.05, 4.69) is 25.7 Å². The molecule has 1 heteroatoms. The molecular weight excluding hydrogens is 152 g/mol. The summed E-state index contributed by atoms with van der Waals surface area (Å²) in [6, 6.07) is 0. The molecule has 0 aromatic heterocycles. The lowest BCUT2D eigenvalue weighted by molar-refractivity contribution is 1.10. The van der Waals surface area contributed by atoms with Crippen molar-refractivity contribution in [2.45, 2.75) is 41.0 Å². The van der Waals surface area contributed by atoms with E-state index in [0.717, 1.165) is 0 Å². The van der Waals surface area contributed by atoms with Gasteiger partial charge in [0, 0.05) is 0 Å². The highest BCUT2D eigenvalue weighted by Crippen LogP contribution is 2.34. The average molecular weight is 180 g/mol. The zero-order valence-electron chi connectivity index (χ0n) is 9.82. The van der Waals surface area contributed by atoms with Crippen LogP contribution in [0.4, 0.5) is 0 Å². The van der Waals surface area contributed by atoms with E-state index in [0.29, 0.717) is 0 Å². The van der Waals surface area contributed by atoms with Gasteiger partial charge >= 0.3 is 0 Å². The van der Waals surface area contributed by atoms with Crippen molar-refractivity contribution in [2.24, 2.45) is 0 Å². The second-order valence-corrected chi connectivity index (χ2v) is 7.38. The summed E-state index contributed by atoms with van der Waals surface area (Å²) >= 11 is 0. The van der Waals surface area contributed by atoms with Gasteiger partial charge in [-0.15, -0.1) is 0 Å². The van der Waals surface area contributed by atoms with Crippen LogP contribution in [-0.4, -0.2) is 24.5 Å². The summed E-state index contributed by atoms with van der Waals surface area (Å²) in [7, 11) is -0.174. The molecule has 0 unspecified atom stereocenters. The first kappa shape index (κ1) is 17.4. The largest absolute Gasteiger partial charge is 0.250 e. The zero-order valence-corrected chi connectivity index (χ0v) is 10.6. The molecule has 0 fully saturated rings. The van der Waals surface area contributed by atoms with Crippen LogP contribution in [0.2, 0.25) is 0 Å². The molecule has 0 heterocycles. The van der Waals surface area contributed by atoms with Gasteiger partial charge in [0.25, 0.3) is 0 Å². The van der Waals surface area contributed by atoms with Gasteiger partial charge in [0.2, 0.25) is 0 Å². The van der Waals surface area contributed by atoms with E-state index in [9.17, 15) is 0 Å². The first-order valence-corrected chi connectivity index (χ1v) is 7.75. The van der Waals surface area contributed by atoms with Crippen molar-refractivity contribution < 1.29 is 0 Å². The summed E-state index contributed by atoms with van der Waals surface area (Å²) in [5, 5.41) is 0. The molecule has 0 aliphatic heterocycles. The highest BCUT2D eigenvalue weighted by molar-refractivity contribution is 8.32. The van der Waals surface area contributed by atoms with E-state index < -0.39 is 0 Å². The Balaban J connectivity index is -0.000000138. The fourth-order valence-electron chi connectivity index (χ4n) is 0.612. The lowest BCUT2D eigenvalue weighted by Crippen LogP contribution is -1.95. The molecule has 0 aromatic carbocycles. The molecule has 0 N–H and O–H groups in total. The fourth-order valence-corrected chi connectivity index (χ4v) is 1.84. The van der Waals surface area contributed by atoms with E-state index in [1.165, 1.54) is 12.2 Å². The minimum absolute atomic E-state index is 0.174. The molecule has 11 heavy (non-hydrogen) atoms. The Kier molecular flexibility index (Phi) is 20.6. The molecule has 0 radical (unpaired) electrons. The monoisotopic (exact) mass is 180 g/mol. The van der Waals surface area contributed by atoms with E-state index >= 15 is 0 Å². The van der Waals surface area contributed by atoms with Gasteiger partial charge in [0.05, 0.1) is 0 Å². The lowest BCUT2D eigenvalue weighted by atomic mass is 10.6. The topological polar surface area (TPSA) is 0 Å². The van der Waals surface area contributed by atoms with Crippen LogP contribution in [0.5, 0.6) is 0 Å². The summed E-state index contributed by atoms with van der Waals surface area (Å²) in [5.74, 6) is 1.42. The Morgan fingerprint density at radius 1 is 0.818 bits per heavy atom. The van der Waals surface area contributed by atoms with Gasteiger partial charge in [-0.3, -0.25) is 0 Å². The van der Waals surface area contributed by atoms with Gasteiger partial charge in [-0.1, -0.05) is 34.6 Å². The van der Waals surface area contributed by atoms with Crippen molar-refractivity contribution >= 4 is 10.0 Å². The molecule has 0 amide bonds. The third kappa shape index (κ3) is 38.1. The van der Waals surface area contributed by atoms with Crippen molar-refractivity contribution in [3.05, 3.63) is 0 Å². The molecule has 0 aliphatic carbocycles. The van der Waals surface area contributed by atoms with Crippen LogP contribution in [0.3, 0.4) is 0 Å². The van der Waals surface area contributed by atoms with Gasteiger partial charge in [-0.25, -0.2) is 10.0 Å². The second kappa shape index (κ2) is 13.0. The molecular formula is C10H28S. The SMILES string of the molecule is CC.CC.CCCS(C)(C)C. The Labute approximate surface area is 76.1 Å². The molecule has 0 spiro atoms. The first-order chi connectivity index (χ1) is 5.06. The van der Waals surface area contributed by atoms with Crippen LogP contribution in [-0.2, 0) is 0 Å². The van der Waals surface area contributed by atoms with E-state index in [1.807, 2.05) is 27.7 Å². The van der Waals surface area contributed by atoms with Gasteiger partial charge < -0.3 is 0 Å². The summed E-state index contributed by atoms with van der Waals surface area (Å²) in [5.41, 5.74) is 0. The van der Waals surface area contributed by atoms with Crippen molar-refractivity contribution in [1.29, 1.82) is 0 Å². The molecule has 0 bridgehead atoms. The van der Waals surface area contributed by atoms with Gasteiger partial charge in [-0.2, -0.15) is 0 Å². The molecule has 0 rings (SSSR count). The molecule has 0 aliphatic rings. The highest BCUT2D eigenvalue weighted by Gasteiger charge is 1.98. The molecule has 0 saturated carbocycles. The molecule has 0 saturated heterocycles. The van der Waals surface area contributed by atoms with Crippen molar-refractivity contribution in [3.63, 3.8) is 0 Å². The summed E-state index contributed by atoms with van der Waals surface area (Å²) in [4.78, 5) is 0. The minimum Gasteiger partial charge on any atom is -0.250 e. The second-order valence-electron chi connectivity index (χ2n) is 2.79. The Morgan fingerprint density at radius 2 is 1.09 bits per heavy atom. The van der Waals surface area contributed by atoms with Gasteiger partial charge in [0.1, 0.15) is 0 Å². The maximum absolute atomic E-state index is 2.36. The predicted octanol–water partition coefficient (Wildman–Crippen LogP) is 4.14. The van der Waals surface area contributed by atoms with E-state index in [1.54, 1.807) is 0 Å². The lowest BCUT2D eigenvalue weighted by Gasteiger charge is -2.23. The van der Waals surface area contributed by atoms with Crippen molar-refractivity contribution in [3.8, 4) is 0 Å².